The number of hydrogen-bond donors (Lipinski definition) is 1. The van der Waals surface area contributed by atoms with Crippen LogP contribution >= 0.6 is 15.9 Å². The number of non-ortho nitro benzene ring substituents is 1. The molecule has 20 heavy (non-hydrogen) atoms. The van der Waals surface area contributed by atoms with Crippen molar-refractivity contribution in [3.8, 4) is 6.07 Å². The number of nitro groups is 1. The average molecular weight is 336 g/mol. The van der Waals surface area contributed by atoms with E-state index in [9.17, 15) is 14.5 Å². The van der Waals surface area contributed by atoms with Gasteiger partial charge in [-0.2, -0.15) is 5.26 Å². The average Bonchev–Trinajstić information content (AvgIpc) is 2.43. The molecule has 0 spiro atoms. The summed E-state index contributed by atoms with van der Waals surface area (Å²) in [6, 6.07) is 9.78. The van der Waals surface area contributed by atoms with Gasteiger partial charge >= 0.3 is 0 Å². The minimum Gasteiger partial charge on any atom is -0.353 e. The van der Waals surface area contributed by atoms with E-state index in [1.165, 1.54) is 30.3 Å². The molecule has 0 aliphatic carbocycles. The third-order valence-electron chi connectivity index (χ3n) is 2.53. The molecule has 2 aromatic rings. The first-order chi connectivity index (χ1) is 9.51. The van der Waals surface area contributed by atoms with E-state index < -0.39 is 10.7 Å². The monoisotopic (exact) mass is 335 g/mol. The number of hydrogen-bond acceptors (Lipinski definition) is 4. The first-order valence-corrected chi connectivity index (χ1v) is 6.21. The van der Waals surface area contributed by atoms with Crippen LogP contribution in [0.5, 0.6) is 0 Å². The van der Waals surface area contributed by atoms with Gasteiger partial charge in [0.25, 0.3) is 5.69 Å². The predicted octanol–water partition coefficient (Wildman–Crippen LogP) is 4.11. The van der Waals surface area contributed by atoms with Crippen molar-refractivity contribution in [2.24, 2.45) is 0 Å². The smallest absolute Gasteiger partial charge is 0.270 e. The molecule has 0 saturated carbocycles. The van der Waals surface area contributed by atoms with Gasteiger partial charge in [0.05, 0.1) is 21.9 Å². The molecule has 0 fully saturated rings. The highest BCUT2D eigenvalue weighted by Gasteiger charge is 2.12. The number of nitrogens with one attached hydrogen (secondary N) is 1. The van der Waals surface area contributed by atoms with Crippen LogP contribution in [0.4, 0.5) is 21.5 Å². The van der Waals surface area contributed by atoms with Crippen molar-refractivity contribution in [1.82, 2.24) is 0 Å². The van der Waals surface area contributed by atoms with Crippen LogP contribution in [0.2, 0.25) is 0 Å². The largest absolute Gasteiger partial charge is 0.353 e. The maximum Gasteiger partial charge on any atom is 0.270 e. The van der Waals surface area contributed by atoms with Crippen molar-refractivity contribution in [3.63, 3.8) is 0 Å². The normalized spacial score (nSPS) is 9.85. The van der Waals surface area contributed by atoms with Crippen LogP contribution in [0.15, 0.2) is 40.9 Å². The zero-order valence-electron chi connectivity index (χ0n) is 9.93. The summed E-state index contributed by atoms with van der Waals surface area (Å²) in [5.74, 6) is -0.434. The summed E-state index contributed by atoms with van der Waals surface area (Å²) in [6.07, 6.45) is 0. The van der Waals surface area contributed by atoms with Crippen LogP contribution in [0, 0.1) is 27.3 Å². The quantitative estimate of drug-likeness (QED) is 0.676. The zero-order valence-corrected chi connectivity index (χ0v) is 11.5. The Morgan fingerprint density at radius 2 is 2.00 bits per heavy atom. The number of nitriles is 1. The van der Waals surface area contributed by atoms with Crippen molar-refractivity contribution >= 4 is 33.0 Å². The summed E-state index contributed by atoms with van der Waals surface area (Å²) in [5, 5.41) is 22.6. The fourth-order valence-corrected chi connectivity index (χ4v) is 1.93. The van der Waals surface area contributed by atoms with Gasteiger partial charge in [-0.1, -0.05) is 0 Å². The van der Waals surface area contributed by atoms with Crippen LogP contribution in [-0.4, -0.2) is 4.92 Å². The molecule has 0 amide bonds. The molecule has 2 rings (SSSR count). The second-order valence-corrected chi connectivity index (χ2v) is 4.70. The lowest BCUT2D eigenvalue weighted by atomic mass is 10.1. The van der Waals surface area contributed by atoms with Crippen LogP contribution in [-0.2, 0) is 0 Å². The Labute approximate surface area is 121 Å². The Kier molecular flexibility index (Phi) is 3.96. The first-order valence-electron chi connectivity index (χ1n) is 5.42. The highest BCUT2D eigenvalue weighted by Crippen LogP contribution is 2.29. The van der Waals surface area contributed by atoms with Crippen molar-refractivity contribution in [2.75, 3.05) is 5.32 Å². The SMILES string of the molecule is N#Cc1cc([N+](=O)[O-])ccc1Nc1cc(F)ccc1Br. The van der Waals surface area contributed by atoms with E-state index in [-0.39, 0.29) is 11.3 Å². The third-order valence-corrected chi connectivity index (χ3v) is 3.22. The Morgan fingerprint density at radius 3 is 2.65 bits per heavy atom. The number of nitrogens with zero attached hydrogens (tertiary/aromatic N) is 2. The highest BCUT2D eigenvalue weighted by molar-refractivity contribution is 9.10. The summed E-state index contributed by atoms with van der Waals surface area (Å²) in [5.41, 5.74) is 0.723. The van der Waals surface area contributed by atoms with Gasteiger partial charge in [-0.05, 0) is 40.2 Å². The van der Waals surface area contributed by atoms with E-state index in [0.29, 0.717) is 15.8 Å². The Balaban J connectivity index is 2.41. The molecule has 0 saturated heterocycles. The lowest BCUT2D eigenvalue weighted by Gasteiger charge is -2.10. The van der Waals surface area contributed by atoms with E-state index in [1.807, 2.05) is 6.07 Å². The highest BCUT2D eigenvalue weighted by atomic mass is 79.9. The molecule has 7 heteroatoms. The Morgan fingerprint density at radius 1 is 1.25 bits per heavy atom. The molecule has 0 aromatic heterocycles. The van der Waals surface area contributed by atoms with Gasteiger partial charge in [-0.15, -0.1) is 0 Å². The second kappa shape index (κ2) is 5.67. The van der Waals surface area contributed by atoms with Crippen molar-refractivity contribution in [3.05, 3.63) is 62.4 Å². The fraction of sp³-hybridized carbons (Fsp3) is 0. The molecule has 0 aliphatic heterocycles. The van der Waals surface area contributed by atoms with Gasteiger partial charge in [0, 0.05) is 16.6 Å². The number of nitro benzene ring substituents is 1. The summed E-state index contributed by atoms with van der Waals surface area (Å²) >= 11 is 3.25. The van der Waals surface area contributed by atoms with Crippen molar-refractivity contribution in [1.29, 1.82) is 5.26 Å². The molecule has 0 aliphatic rings. The second-order valence-electron chi connectivity index (χ2n) is 3.85. The topological polar surface area (TPSA) is 79.0 Å². The molecular weight excluding hydrogens is 329 g/mol. The number of anilines is 2. The van der Waals surface area contributed by atoms with Crippen LogP contribution in [0.25, 0.3) is 0 Å². The molecule has 0 bridgehead atoms. The fourth-order valence-electron chi connectivity index (χ4n) is 1.59. The lowest BCUT2D eigenvalue weighted by molar-refractivity contribution is -0.384. The molecule has 5 nitrogen and oxygen atoms in total. The molecule has 0 unspecified atom stereocenters. The Bertz CT molecular complexity index is 728. The van der Waals surface area contributed by atoms with Gasteiger partial charge in [-0.3, -0.25) is 10.1 Å². The van der Waals surface area contributed by atoms with Gasteiger partial charge in [-0.25, -0.2) is 4.39 Å². The summed E-state index contributed by atoms with van der Waals surface area (Å²) in [7, 11) is 0. The molecule has 0 atom stereocenters. The molecular formula is C13H7BrFN3O2. The minimum atomic E-state index is -0.581. The maximum atomic E-state index is 13.2. The first kappa shape index (κ1) is 14.0. The molecule has 1 N–H and O–H groups in total. The van der Waals surface area contributed by atoms with Gasteiger partial charge in [0.1, 0.15) is 11.9 Å². The van der Waals surface area contributed by atoms with Crippen LogP contribution in [0.3, 0.4) is 0 Å². The Hall–Kier alpha value is -2.46. The molecule has 2 aromatic carbocycles. The zero-order chi connectivity index (χ0) is 14.7. The molecule has 0 radical (unpaired) electrons. The van der Waals surface area contributed by atoms with E-state index in [0.717, 1.165) is 6.07 Å². The van der Waals surface area contributed by atoms with Crippen LogP contribution in [0.1, 0.15) is 5.56 Å². The molecule has 100 valence electrons. The van der Waals surface area contributed by atoms with Crippen molar-refractivity contribution in [2.45, 2.75) is 0 Å². The van der Waals surface area contributed by atoms with E-state index in [2.05, 4.69) is 21.2 Å². The van der Waals surface area contributed by atoms with E-state index in [1.54, 1.807) is 0 Å². The minimum absolute atomic E-state index is 0.107. The summed E-state index contributed by atoms with van der Waals surface area (Å²) in [4.78, 5) is 10.1. The van der Waals surface area contributed by atoms with E-state index >= 15 is 0 Å². The van der Waals surface area contributed by atoms with Crippen LogP contribution < -0.4 is 5.32 Å². The number of rotatable bonds is 3. The number of halogens is 2. The summed E-state index contributed by atoms with van der Waals surface area (Å²) in [6.45, 7) is 0. The molecule has 0 heterocycles. The van der Waals surface area contributed by atoms with Gasteiger partial charge in [0.2, 0.25) is 0 Å². The van der Waals surface area contributed by atoms with Crippen molar-refractivity contribution < 1.29 is 9.31 Å². The van der Waals surface area contributed by atoms with Gasteiger partial charge < -0.3 is 5.32 Å². The lowest BCUT2D eigenvalue weighted by Crippen LogP contribution is -1.97. The predicted molar refractivity (Wildman–Crippen MR) is 75.2 cm³/mol. The van der Waals surface area contributed by atoms with Gasteiger partial charge in [0.15, 0.2) is 0 Å². The third kappa shape index (κ3) is 2.92. The van der Waals surface area contributed by atoms with E-state index in [4.69, 9.17) is 5.26 Å². The maximum absolute atomic E-state index is 13.2. The standard InChI is InChI=1S/C13H7BrFN3O2/c14-11-3-1-9(15)6-13(11)17-12-4-2-10(18(19)20)5-8(12)7-16/h1-6,17H. The summed E-state index contributed by atoms with van der Waals surface area (Å²) < 4.78 is 13.8. The number of benzene rings is 2.